The van der Waals surface area contributed by atoms with Gasteiger partial charge in [-0.25, -0.2) is 0 Å². The normalized spacial score (nSPS) is 11.8. The number of rotatable bonds is 23. The third-order valence-corrected chi connectivity index (χ3v) is 6.60. The summed E-state index contributed by atoms with van der Waals surface area (Å²) in [5.41, 5.74) is 5.53. The molecule has 158 valence electrons. The Morgan fingerprint density at radius 3 is 0.962 bits per heavy atom. The number of nitrogens with two attached hydrogens (primary N) is 1. The van der Waals surface area contributed by atoms with Crippen LogP contribution in [0.15, 0.2) is 0 Å². The van der Waals surface area contributed by atoms with E-state index in [1.54, 1.807) is 0 Å². The molecule has 0 rings (SSSR count). The molecule has 0 bridgehead atoms. The first-order valence-electron chi connectivity index (χ1n) is 12.3. The van der Waals surface area contributed by atoms with Gasteiger partial charge in [0.15, 0.2) is 0 Å². The Morgan fingerprint density at radius 1 is 0.423 bits per heavy atom. The van der Waals surface area contributed by atoms with Gasteiger partial charge in [-0.2, -0.15) is 0 Å². The van der Waals surface area contributed by atoms with E-state index >= 15 is 0 Å². The fourth-order valence-electron chi connectivity index (χ4n) is 3.78. The number of hydrogen-bond donors (Lipinski definition) is 1. The molecule has 26 heavy (non-hydrogen) atoms. The van der Waals surface area contributed by atoms with Gasteiger partial charge in [0, 0.05) is 6.29 Å². The van der Waals surface area contributed by atoms with Crippen LogP contribution in [-0.2, 0) is 0 Å². The zero-order valence-corrected chi connectivity index (χ0v) is 19.3. The molecule has 1 atom stereocenters. The van der Waals surface area contributed by atoms with Crippen LogP contribution in [0.4, 0.5) is 0 Å². The molecule has 0 radical (unpaired) electrons. The third kappa shape index (κ3) is 24.4. The largest absolute Gasteiger partial charge is 0.327 e. The molecule has 1 nitrogen and oxygen atoms in total. The van der Waals surface area contributed by atoms with E-state index in [-0.39, 0.29) is 0 Å². The van der Waals surface area contributed by atoms with E-state index in [0.717, 1.165) is 14.9 Å². The van der Waals surface area contributed by atoms with Crippen LogP contribution in [-0.4, -0.2) is 12.4 Å². The lowest BCUT2D eigenvalue weighted by Crippen LogP contribution is -1.91. The highest BCUT2D eigenvalue weighted by Gasteiger charge is 1.95. The standard InChI is InChI=1S/C24H52NP/c1-2-3-4-5-6-7-8-9-10-11-12-13-14-15-16-17-18-19-20-21-22-23-26-24-25/h26H,2-25H2,1H3. The monoisotopic (exact) mass is 385 g/mol. The highest BCUT2D eigenvalue weighted by Crippen LogP contribution is 2.16. The lowest BCUT2D eigenvalue weighted by Gasteiger charge is -2.04. The predicted molar refractivity (Wildman–Crippen MR) is 125 cm³/mol. The van der Waals surface area contributed by atoms with Gasteiger partial charge in [0.25, 0.3) is 0 Å². The van der Waals surface area contributed by atoms with E-state index in [9.17, 15) is 0 Å². The molecule has 0 saturated carbocycles. The van der Waals surface area contributed by atoms with Gasteiger partial charge in [-0.15, -0.1) is 8.58 Å². The van der Waals surface area contributed by atoms with Crippen LogP contribution in [0.3, 0.4) is 0 Å². The molecule has 0 aliphatic heterocycles. The minimum absolute atomic E-state index is 0.902. The Morgan fingerprint density at radius 2 is 0.692 bits per heavy atom. The van der Waals surface area contributed by atoms with Crippen LogP contribution in [0.25, 0.3) is 0 Å². The third-order valence-electron chi connectivity index (χ3n) is 5.60. The fourth-order valence-corrected chi connectivity index (χ4v) is 4.49. The summed E-state index contributed by atoms with van der Waals surface area (Å²) < 4.78 is 0. The van der Waals surface area contributed by atoms with Gasteiger partial charge in [0.1, 0.15) is 0 Å². The maximum absolute atomic E-state index is 5.53. The van der Waals surface area contributed by atoms with Crippen molar-refractivity contribution in [3.63, 3.8) is 0 Å². The van der Waals surface area contributed by atoms with Crippen LogP contribution in [0.1, 0.15) is 142 Å². The lowest BCUT2D eigenvalue weighted by atomic mass is 10.0. The first kappa shape index (κ1) is 26.4. The topological polar surface area (TPSA) is 26.0 Å². The average molecular weight is 386 g/mol. The number of hydrogen-bond acceptors (Lipinski definition) is 1. The highest BCUT2D eigenvalue weighted by molar-refractivity contribution is 7.37. The first-order chi connectivity index (χ1) is 12.9. The molecule has 0 fully saturated rings. The maximum Gasteiger partial charge on any atom is 0.00988 e. The maximum atomic E-state index is 5.53. The van der Waals surface area contributed by atoms with Crippen molar-refractivity contribution in [2.75, 3.05) is 12.4 Å². The summed E-state index contributed by atoms with van der Waals surface area (Å²) in [7, 11) is 1.00. The van der Waals surface area contributed by atoms with Crippen LogP contribution >= 0.6 is 8.58 Å². The summed E-state index contributed by atoms with van der Waals surface area (Å²) in [6.45, 7) is 2.30. The smallest absolute Gasteiger partial charge is 0.00988 e. The second-order valence-corrected chi connectivity index (χ2v) is 9.68. The molecule has 0 aliphatic carbocycles. The Hall–Kier alpha value is 0.390. The van der Waals surface area contributed by atoms with Gasteiger partial charge in [-0.3, -0.25) is 0 Å². The van der Waals surface area contributed by atoms with Gasteiger partial charge in [-0.1, -0.05) is 135 Å². The van der Waals surface area contributed by atoms with Crippen LogP contribution in [0, 0.1) is 0 Å². The SMILES string of the molecule is CCCCCCCCCCCCCCCCCCCCCCCPCN. The van der Waals surface area contributed by atoms with Crippen molar-refractivity contribution in [3.05, 3.63) is 0 Å². The molecule has 2 N–H and O–H groups in total. The van der Waals surface area contributed by atoms with Gasteiger partial charge < -0.3 is 5.73 Å². The van der Waals surface area contributed by atoms with E-state index < -0.39 is 0 Å². The van der Waals surface area contributed by atoms with Crippen molar-refractivity contribution >= 4 is 8.58 Å². The van der Waals surface area contributed by atoms with E-state index in [2.05, 4.69) is 6.92 Å². The van der Waals surface area contributed by atoms with Crippen molar-refractivity contribution in [2.24, 2.45) is 5.73 Å². The Bertz CT molecular complexity index is 208. The van der Waals surface area contributed by atoms with E-state index in [1.165, 1.54) is 141 Å². The van der Waals surface area contributed by atoms with Gasteiger partial charge in [0.05, 0.1) is 0 Å². The predicted octanol–water partition coefficient (Wildman–Crippen LogP) is 8.79. The summed E-state index contributed by atoms with van der Waals surface area (Å²) in [6.07, 6.45) is 33.1. The average Bonchev–Trinajstić information content (AvgIpc) is 2.66. The molecular formula is C24H52NP. The molecule has 0 spiro atoms. The molecule has 0 aromatic carbocycles. The van der Waals surface area contributed by atoms with Crippen molar-refractivity contribution in [3.8, 4) is 0 Å². The van der Waals surface area contributed by atoms with Crippen molar-refractivity contribution in [2.45, 2.75) is 142 Å². The molecule has 1 unspecified atom stereocenters. The fraction of sp³-hybridized carbons (Fsp3) is 1.00. The summed E-state index contributed by atoms with van der Waals surface area (Å²) in [5, 5.41) is 0. The summed E-state index contributed by atoms with van der Waals surface area (Å²) in [4.78, 5) is 0. The zero-order chi connectivity index (χ0) is 19.0. The molecule has 0 aromatic heterocycles. The van der Waals surface area contributed by atoms with Gasteiger partial charge in [0.2, 0.25) is 0 Å². The quantitative estimate of drug-likeness (QED) is 0.138. The number of unbranched alkanes of at least 4 members (excludes halogenated alkanes) is 20. The van der Waals surface area contributed by atoms with Gasteiger partial charge in [-0.05, 0) is 12.6 Å². The Kier molecular flexibility index (Phi) is 25.8. The highest BCUT2D eigenvalue weighted by atomic mass is 31.1. The van der Waals surface area contributed by atoms with Crippen molar-refractivity contribution in [1.82, 2.24) is 0 Å². The van der Waals surface area contributed by atoms with E-state index in [4.69, 9.17) is 5.73 Å². The summed E-state index contributed by atoms with van der Waals surface area (Å²) in [5.74, 6) is 0. The minimum Gasteiger partial charge on any atom is -0.327 e. The Balaban J connectivity index is 2.95. The molecule has 0 heterocycles. The molecular weight excluding hydrogens is 333 g/mol. The van der Waals surface area contributed by atoms with Crippen LogP contribution in [0.2, 0.25) is 0 Å². The van der Waals surface area contributed by atoms with Crippen molar-refractivity contribution < 1.29 is 0 Å². The van der Waals surface area contributed by atoms with Crippen LogP contribution < -0.4 is 5.73 Å². The zero-order valence-electron chi connectivity index (χ0n) is 18.3. The molecule has 2 heteroatoms. The first-order valence-corrected chi connectivity index (χ1v) is 13.7. The second kappa shape index (κ2) is 25.4. The van der Waals surface area contributed by atoms with Crippen molar-refractivity contribution in [1.29, 1.82) is 0 Å². The molecule has 0 saturated heterocycles. The lowest BCUT2D eigenvalue weighted by molar-refractivity contribution is 0.521. The second-order valence-electron chi connectivity index (χ2n) is 8.28. The molecule has 0 aliphatic rings. The summed E-state index contributed by atoms with van der Waals surface area (Å²) >= 11 is 0. The van der Waals surface area contributed by atoms with E-state index in [0.29, 0.717) is 0 Å². The van der Waals surface area contributed by atoms with E-state index in [1.807, 2.05) is 0 Å². The molecule has 0 aromatic rings. The van der Waals surface area contributed by atoms with Crippen LogP contribution in [0.5, 0.6) is 0 Å². The minimum atomic E-state index is 0.902. The Labute approximate surface area is 168 Å². The summed E-state index contributed by atoms with van der Waals surface area (Å²) in [6, 6.07) is 0. The van der Waals surface area contributed by atoms with Gasteiger partial charge >= 0.3 is 0 Å². The molecule has 0 amide bonds.